The molecule has 0 atom stereocenters. The Balaban J connectivity index is 0. The van der Waals surface area contributed by atoms with Gasteiger partial charge in [-0.05, 0) is 19.6 Å². The third-order valence-corrected chi connectivity index (χ3v) is 14.0. The molecular formula is C19H48N4Si4W-3. The van der Waals surface area contributed by atoms with Gasteiger partial charge in [0.2, 0.25) is 0 Å². The summed E-state index contributed by atoms with van der Waals surface area (Å²) in [7, 11) is -4.69. The van der Waals surface area contributed by atoms with E-state index in [-0.39, 0.29) is 0 Å². The van der Waals surface area contributed by atoms with Gasteiger partial charge in [0.25, 0.3) is 0 Å². The molecule has 0 rings (SSSR count). The fraction of sp³-hybridized carbons (Fsp3) is 0.947. The van der Waals surface area contributed by atoms with Gasteiger partial charge in [-0.25, -0.2) is 0 Å². The van der Waals surface area contributed by atoms with Crippen molar-refractivity contribution in [2.45, 2.75) is 78.6 Å². The minimum Gasteiger partial charge on any atom is -0.664 e. The molecule has 0 radical (unpaired) electrons. The van der Waals surface area contributed by atoms with Crippen molar-refractivity contribution in [3.63, 3.8) is 0 Å². The predicted octanol–water partition coefficient (Wildman–Crippen LogP) is 6.28. The number of hydrogen-bond acceptors (Lipinski definition) is 1. The molecule has 0 bridgehead atoms. The maximum atomic E-state index is 4.86. The summed E-state index contributed by atoms with van der Waals surface area (Å²) in [6, 6.07) is 0. The van der Waals surface area contributed by atoms with Gasteiger partial charge < -0.3 is 19.8 Å². The third kappa shape index (κ3) is 29.4. The summed E-state index contributed by atoms with van der Waals surface area (Å²) in [5.74, 6) is 0. The Hall–Kier alpha value is 1.18. The largest absolute Gasteiger partial charge is 0.664 e. The molecular weight excluding hydrogens is 580 g/mol. The van der Waals surface area contributed by atoms with Crippen molar-refractivity contribution in [2.24, 2.45) is 0 Å². The van der Waals surface area contributed by atoms with E-state index in [9.17, 15) is 0 Å². The van der Waals surface area contributed by atoms with E-state index in [1.807, 2.05) is 0 Å². The zero-order valence-corrected chi connectivity index (χ0v) is 27.9. The van der Waals surface area contributed by atoms with Crippen LogP contribution in [0.5, 0.6) is 0 Å². The van der Waals surface area contributed by atoms with Crippen LogP contribution < -0.4 is 0 Å². The normalized spacial score (nSPS) is 13.1. The van der Waals surface area contributed by atoms with E-state index in [1.54, 1.807) is 0 Å². The summed E-state index contributed by atoms with van der Waals surface area (Å²) >= 11 is 1.50. The summed E-state index contributed by atoms with van der Waals surface area (Å²) in [6.07, 6.45) is 0. The van der Waals surface area contributed by atoms with Crippen molar-refractivity contribution < 1.29 is 19.2 Å². The van der Waals surface area contributed by atoms with Gasteiger partial charge in [0.15, 0.2) is 0 Å². The van der Waals surface area contributed by atoms with Crippen LogP contribution in [0.25, 0.3) is 14.9 Å². The Morgan fingerprint density at radius 1 is 0.571 bits per heavy atom. The van der Waals surface area contributed by atoms with Crippen LogP contribution in [0.2, 0.25) is 78.6 Å². The van der Waals surface area contributed by atoms with Crippen molar-refractivity contribution in [1.29, 1.82) is 0 Å². The van der Waals surface area contributed by atoms with E-state index in [2.05, 4.69) is 87.3 Å². The monoisotopic (exact) mass is 628 g/mol. The summed E-state index contributed by atoms with van der Waals surface area (Å²) in [6.45, 7) is 33.7. The average Bonchev–Trinajstić information content (AvgIpc) is 2.42. The van der Waals surface area contributed by atoms with Crippen LogP contribution >= 0.6 is 0 Å². The van der Waals surface area contributed by atoms with Gasteiger partial charge in [-0.2, -0.15) is 0 Å². The Bertz CT molecular complexity index is 396. The molecule has 0 saturated carbocycles. The summed E-state index contributed by atoms with van der Waals surface area (Å²) in [5.41, 5.74) is 0. The predicted molar refractivity (Wildman–Crippen MR) is 138 cm³/mol. The first-order valence-corrected chi connectivity index (χ1v) is 25.8. The van der Waals surface area contributed by atoms with E-state index in [0.29, 0.717) is 0 Å². The molecule has 0 saturated heterocycles. The first kappa shape index (κ1) is 31.4. The first-order valence-electron chi connectivity index (χ1n) is 10.5. The molecule has 28 heavy (non-hydrogen) atoms. The van der Waals surface area contributed by atoms with Gasteiger partial charge in [0, 0.05) is 0 Å². The standard InChI is InChI=1S/C15H39N4Si3.C4H9Si.W/c1-20(2,3)16-10-13-19(14-11-17-21(4,5)6)15-12-18-22(7,8)9;1-5(2,3)4;/h10-15H2,1-9H3;1-3H3;/q-3;;. The Morgan fingerprint density at radius 2 is 0.786 bits per heavy atom. The van der Waals surface area contributed by atoms with E-state index in [4.69, 9.17) is 14.9 Å². The van der Waals surface area contributed by atoms with Crippen molar-refractivity contribution in [2.75, 3.05) is 39.3 Å². The van der Waals surface area contributed by atoms with Crippen LogP contribution in [-0.2, 0) is 19.2 Å². The molecule has 0 amide bonds. The third-order valence-electron chi connectivity index (χ3n) is 3.31. The van der Waals surface area contributed by atoms with Crippen molar-refractivity contribution in [3.05, 3.63) is 14.9 Å². The summed E-state index contributed by atoms with van der Waals surface area (Å²) < 4.78 is 3.33. The topological polar surface area (TPSA) is 45.5 Å². The minimum atomic E-state index is -1.28. The molecule has 0 N–H and O–H groups in total. The second-order valence-corrected chi connectivity index (χ2v) is 32.2. The molecule has 9 heteroatoms. The van der Waals surface area contributed by atoms with Crippen molar-refractivity contribution >= 4 is 32.8 Å². The fourth-order valence-electron chi connectivity index (χ4n) is 1.92. The van der Waals surface area contributed by atoms with Gasteiger partial charge >= 0.3 is 50.7 Å². The quantitative estimate of drug-likeness (QED) is 0.235. The maximum absolute atomic E-state index is 4.86. The SMILES string of the molecule is C[Si](C)(C)[C]#[W].C[Si](C)(C)[N-]CCN(CC[N-][Si](C)(C)C)CC[N-][Si](C)(C)C. The molecule has 0 aromatic carbocycles. The van der Waals surface area contributed by atoms with Crippen molar-refractivity contribution in [3.8, 4) is 3.83 Å². The minimum absolute atomic E-state index is 0.844. The zero-order valence-electron chi connectivity index (χ0n) is 20.9. The second kappa shape index (κ2) is 14.3. The maximum Gasteiger partial charge on any atom is -0.0210 e. The number of rotatable bonds is 12. The molecule has 0 unspecified atom stereocenters. The second-order valence-electron chi connectivity index (χ2n) is 11.4. The summed E-state index contributed by atoms with van der Waals surface area (Å²) in [4.78, 5) is 17.1. The zero-order chi connectivity index (χ0) is 22.6. The first-order chi connectivity index (χ1) is 12.3. The van der Waals surface area contributed by atoms with Gasteiger partial charge in [-0.3, -0.25) is 0 Å². The smallest absolute Gasteiger partial charge is 0.0210 e. The molecule has 0 aromatic rings. The Labute approximate surface area is 192 Å². The van der Waals surface area contributed by atoms with Gasteiger partial charge in [0.1, 0.15) is 0 Å². The van der Waals surface area contributed by atoms with Crippen LogP contribution in [0, 0.1) is 3.83 Å². The van der Waals surface area contributed by atoms with E-state index < -0.39 is 32.8 Å². The fourth-order valence-corrected chi connectivity index (χ4v) is 4.23. The van der Waals surface area contributed by atoms with Gasteiger partial charge in [0.05, 0.1) is 0 Å². The molecule has 0 aromatic heterocycles. The van der Waals surface area contributed by atoms with E-state index in [0.717, 1.165) is 39.3 Å². The van der Waals surface area contributed by atoms with Gasteiger partial charge in [-0.15, -0.1) is 19.6 Å². The van der Waals surface area contributed by atoms with E-state index >= 15 is 0 Å². The van der Waals surface area contributed by atoms with Crippen LogP contribution in [-0.4, -0.2) is 76.9 Å². The van der Waals surface area contributed by atoms with Crippen LogP contribution in [0.3, 0.4) is 0 Å². The Kier molecular flexibility index (Phi) is 16.0. The molecule has 169 valence electrons. The molecule has 0 spiro atoms. The van der Waals surface area contributed by atoms with Crippen LogP contribution in [0.4, 0.5) is 0 Å². The number of nitrogens with zero attached hydrogens (tertiary/aromatic N) is 4. The average molecular weight is 629 g/mol. The van der Waals surface area contributed by atoms with Crippen LogP contribution in [0.15, 0.2) is 0 Å². The van der Waals surface area contributed by atoms with E-state index in [1.165, 1.54) is 19.2 Å². The Morgan fingerprint density at radius 3 is 0.929 bits per heavy atom. The molecule has 0 aliphatic heterocycles. The molecule has 0 fully saturated rings. The summed E-state index contributed by atoms with van der Waals surface area (Å²) in [5, 5.41) is 0. The van der Waals surface area contributed by atoms with Crippen molar-refractivity contribution in [1.82, 2.24) is 4.90 Å². The molecule has 0 heterocycles. The number of hydrogen-bond donors (Lipinski definition) is 0. The molecule has 0 aliphatic rings. The van der Waals surface area contributed by atoms with Crippen LogP contribution in [0.1, 0.15) is 0 Å². The molecule has 4 nitrogen and oxygen atoms in total. The molecule has 0 aliphatic carbocycles. The van der Waals surface area contributed by atoms with Gasteiger partial charge in [-0.1, -0.05) is 83.6 Å².